The highest BCUT2D eigenvalue weighted by Gasteiger charge is 2.53. The lowest BCUT2D eigenvalue weighted by molar-refractivity contribution is -0.168. The number of nitrogens with zero attached hydrogens (tertiary/aromatic N) is 1. The summed E-state index contributed by atoms with van der Waals surface area (Å²) in [5.41, 5.74) is 0.567. The van der Waals surface area contributed by atoms with Gasteiger partial charge in [-0.3, -0.25) is 14.4 Å². The summed E-state index contributed by atoms with van der Waals surface area (Å²) in [6.45, 7) is 13.7. The molecule has 8 heteroatoms. The third kappa shape index (κ3) is 5.19. The third-order valence-corrected chi connectivity index (χ3v) is 10.4. The molecule has 0 unspecified atom stereocenters. The third-order valence-electron chi connectivity index (χ3n) is 5.81. The Kier molecular flexibility index (Phi) is 7.39. The molecule has 0 radical (unpaired) electrons. The van der Waals surface area contributed by atoms with E-state index in [1.54, 1.807) is 44.2 Å². The Morgan fingerprint density at radius 3 is 2.26 bits per heavy atom. The van der Waals surface area contributed by atoms with E-state index in [0.717, 1.165) is 4.90 Å². The molecular formula is C23H31NO6Si. The normalized spacial score (nSPS) is 19.1. The molecule has 2 amide bonds. The summed E-state index contributed by atoms with van der Waals surface area (Å²) in [6.07, 6.45) is 0.679. The molecule has 1 aromatic rings. The predicted octanol–water partition coefficient (Wildman–Crippen LogP) is 3.71. The fraction of sp³-hybridized carbons (Fsp3) is 0.478. The van der Waals surface area contributed by atoms with Gasteiger partial charge in [0.05, 0.1) is 12.7 Å². The number of benzene rings is 1. The number of carbonyl (C=O) groups excluding carboxylic acids is 4. The van der Waals surface area contributed by atoms with E-state index in [-0.39, 0.29) is 23.1 Å². The molecule has 0 saturated carbocycles. The first-order valence-corrected chi connectivity index (χ1v) is 13.3. The summed E-state index contributed by atoms with van der Waals surface area (Å²) in [6, 6.07) is 8.51. The van der Waals surface area contributed by atoms with Crippen LogP contribution in [0.25, 0.3) is 0 Å². The van der Waals surface area contributed by atoms with E-state index in [0.29, 0.717) is 5.56 Å². The molecule has 0 N–H and O–H groups in total. The monoisotopic (exact) mass is 445 g/mol. The van der Waals surface area contributed by atoms with E-state index in [2.05, 4.69) is 33.9 Å². The van der Waals surface area contributed by atoms with Gasteiger partial charge < -0.3 is 9.16 Å². The zero-order valence-electron chi connectivity index (χ0n) is 19.2. The fourth-order valence-corrected chi connectivity index (χ4v) is 4.51. The maximum Gasteiger partial charge on any atom is 0.397 e. The number of β-lactam (4-membered cyclic amide) rings is 1. The Labute approximate surface area is 184 Å². The van der Waals surface area contributed by atoms with E-state index < -0.39 is 38.1 Å². The zero-order valence-corrected chi connectivity index (χ0v) is 20.2. The summed E-state index contributed by atoms with van der Waals surface area (Å²) in [5.74, 6) is -3.99. The Morgan fingerprint density at radius 1 is 1.16 bits per heavy atom. The summed E-state index contributed by atoms with van der Waals surface area (Å²) >= 11 is 0. The quantitative estimate of drug-likeness (QED) is 0.166. The average Bonchev–Trinajstić information content (AvgIpc) is 2.67. The summed E-state index contributed by atoms with van der Waals surface area (Å²) in [5, 5.41) is -0.0851. The van der Waals surface area contributed by atoms with Crippen molar-refractivity contribution in [2.75, 3.05) is 6.61 Å². The van der Waals surface area contributed by atoms with Crippen LogP contribution in [-0.4, -0.2) is 49.5 Å². The first-order chi connectivity index (χ1) is 14.3. The lowest BCUT2D eigenvalue weighted by Gasteiger charge is -2.46. The van der Waals surface area contributed by atoms with Gasteiger partial charge in [0, 0.05) is 17.3 Å². The van der Waals surface area contributed by atoms with Crippen LogP contribution in [0.15, 0.2) is 42.1 Å². The standard InChI is InChI=1S/C23H31NO6Si/c1-8-29-22(28)21(27)24-17(14-18(25)16-12-10-9-11-13-16)19(20(24)26)15(2)30-31(6,7)23(3,4)5/h9-15,19H,8H2,1-7H3/b17-14-/t15-,19-/m1/s1. The lowest BCUT2D eigenvalue weighted by Crippen LogP contribution is -2.60. The molecule has 1 aliphatic rings. The van der Waals surface area contributed by atoms with Crippen LogP contribution < -0.4 is 0 Å². The van der Waals surface area contributed by atoms with Crippen molar-refractivity contribution in [3.63, 3.8) is 0 Å². The first-order valence-electron chi connectivity index (χ1n) is 10.4. The molecule has 0 bridgehead atoms. The average molecular weight is 446 g/mol. The number of esters is 1. The number of likely N-dealkylation sites (tertiary alicyclic amines) is 1. The van der Waals surface area contributed by atoms with Crippen LogP contribution in [0, 0.1) is 5.92 Å². The fourth-order valence-electron chi connectivity index (χ4n) is 3.09. The maximum atomic E-state index is 12.9. The van der Waals surface area contributed by atoms with Crippen molar-refractivity contribution in [1.82, 2.24) is 4.90 Å². The molecule has 7 nitrogen and oxygen atoms in total. The second kappa shape index (κ2) is 9.28. The summed E-state index contributed by atoms with van der Waals surface area (Å²) in [7, 11) is -2.22. The molecule has 0 spiro atoms. The van der Waals surface area contributed by atoms with Gasteiger partial charge in [0.15, 0.2) is 14.1 Å². The highest BCUT2D eigenvalue weighted by atomic mass is 28.4. The first kappa shape index (κ1) is 24.7. The second-order valence-corrected chi connectivity index (χ2v) is 13.8. The molecule has 1 saturated heterocycles. The summed E-state index contributed by atoms with van der Waals surface area (Å²) in [4.78, 5) is 50.9. The van der Waals surface area contributed by atoms with E-state index >= 15 is 0 Å². The van der Waals surface area contributed by atoms with E-state index in [9.17, 15) is 19.2 Å². The Balaban J connectivity index is 2.39. The van der Waals surface area contributed by atoms with Gasteiger partial charge in [-0.15, -0.1) is 0 Å². The largest absolute Gasteiger partial charge is 0.459 e. The van der Waals surface area contributed by atoms with Crippen molar-refractivity contribution in [3.05, 3.63) is 47.7 Å². The van der Waals surface area contributed by atoms with Gasteiger partial charge in [0.1, 0.15) is 5.92 Å². The van der Waals surface area contributed by atoms with Crippen LogP contribution >= 0.6 is 0 Å². The van der Waals surface area contributed by atoms with E-state index in [4.69, 9.17) is 9.16 Å². The molecule has 2 rings (SSSR count). The van der Waals surface area contributed by atoms with E-state index in [1.807, 2.05) is 0 Å². The molecule has 1 aromatic carbocycles. The number of ether oxygens (including phenoxy) is 1. The molecule has 168 valence electrons. The van der Waals surface area contributed by atoms with Crippen LogP contribution in [0.4, 0.5) is 0 Å². The number of ketones is 1. The zero-order chi connectivity index (χ0) is 23.6. The van der Waals surface area contributed by atoms with E-state index in [1.165, 1.54) is 6.08 Å². The number of hydrogen-bond acceptors (Lipinski definition) is 6. The number of hydrogen-bond donors (Lipinski definition) is 0. The molecule has 0 aromatic heterocycles. The summed E-state index contributed by atoms with van der Waals surface area (Å²) < 4.78 is 11.1. The van der Waals surface area contributed by atoms with Crippen molar-refractivity contribution >= 4 is 31.9 Å². The van der Waals surface area contributed by atoms with Crippen molar-refractivity contribution in [2.45, 2.75) is 58.9 Å². The molecule has 31 heavy (non-hydrogen) atoms. The minimum absolute atomic E-state index is 0.00289. The van der Waals surface area contributed by atoms with Gasteiger partial charge in [-0.25, -0.2) is 9.69 Å². The minimum Gasteiger partial charge on any atom is -0.459 e. The van der Waals surface area contributed by atoms with Gasteiger partial charge >= 0.3 is 11.9 Å². The van der Waals surface area contributed by atoms with Crippen molar-refractivity contribution < 1.29 is 28.3 Å². The second-order valence-electron chi connectivity index (χ2n) is 9.06. The highest BCUT2D eigenvalue weighted by molar-refractivity contribution is 6.74. The molecular weight excluding hydrogens is 414 g/mol. The molecule has 2 atom stereocenters. The van der Waals surface area contributed by atoms with Crippen molar-refractivity contribution in [3.8, 4) is 0 Å². The van der Waals surface area contributed by atoms with Gasteiger partial charge in [-0.1, -0.05) is 51.1 Å². The number of carbonyl (C=O) groups is 4. The van der Waals surface area contributed by atoms with Gasteiger partial charge in [0.2, 0.25) is 5.91 Å². The smallest absolute Gasteiger partial charge is 0.397 e. The molecule has 1 heterocycles. The molecule has 0 aliphatic carbocycles. The predicted molar refractivity (Wildman–Crippen MR) is 119 cm³/mol. The van der Waals surface area contributed by atoms with Gasteiger partial charge in [-0.2, -0.15) is 0 Å². The van der Waals surface area contributed by atoms with Crippen molar-refractivity contribution in [2.24, 2.45) is 5.92 Å². The van der Waals surface area contributed by atoms with Gasteiger partial charge in [-0.05, 0) is 32.0 Å². The molecule has 1 aliphatic heterocycles. The number of amides is 2. The number of imide groups is 1. The number of allylic oxidation sites excluding steroid dienone is 1. The van der Waals surface area contributed by atoms with Crippen LogP contribution in [-0.2, 0) is 23.5 Å². The van der Waals surface area contributed by atoms with Gasteiger partial charge in [0.25, 0.3) is 0 Å². The molecule has 1 fully saturated rings. The SMILES string of the molecule is CCOC(=O)C(=O)N1C(=O)[C@H]([C@@H](C)O[Si](C)(C)C(C)(C)C)/C1=C/C(=O)c1ccccc1. The Morgan fingerprint density at radius 2 is 1.74 bits per heavy atom. The minimum atomic E-state index is -2.22. The van der Waals surface area contributed by atoms with Crippen LogP contribution in [0.5, 0.6) is 0 Å². The van der Waals surface area contributed by atoms with Crippen molar-refractivity contribution in [1.29, 1.82) is 0 Å². The Bertz CT molecular complexity index is 900. The topological polar surface area (TPSA) is 90.0 Å². The maximum absolute atomic E-state index is 12.9. The number of rotatable bonds is 6. The Hall–Kier alpha value is -2.58. The van der Waals surface area contributed by atoms with Crippen LogP contribution in [0.3, 0.4) is 0 Å². The lowest BCUT2D eigenvalue weighted by atomic mass is 9.87. The highest BCUT2D eigenvalue weighted by Crippen LogP contribution is 2.41. The van der Waals surface area contributed by atoms with Crippen LogP contribution in [0.2, 0.25) is 18.1 Å². The van der Waals surface area contributed by atoms with Crippen LogP contribution in [0.1, 0.15) is 45.0 Å².